The molecule has 0 bridgehead atoms. The molecule has 2 aromatic rings. The standard InChI is InChI=1S/C18H19NO4/c1-14(17(20)21)19(12-15-8-4-2-5-9-15)18(22)23-13-16-10-6-3-7-11-16/h2-11,14H,12-13H2,1H3,(H,20,21). The van der Waals surface area contributed by atoms with Crippen LogP contribution in [0.15, 0.2) is 60.7 Å². The van der Waals surface area contributed by atoms with Crippen molar-refractivity contribution in [3.05, 3.63) is 71.8 Å². The zero-order chi connectivity index (χ0) is 16.7. The summed E-state index contributed by atoms with van der Waals surface area (Å²) in [6.07, 6.45) is -0.646. The highest BCUT2D eigenvalue weighted by atomic mass is 16.6. The Hall–Kier alpha value is -2.82. The molecule has 5 heteroatoms. The zero-order valence-electron chi connectivity index (χ0n) is 12.9. The van der Waals surface area contributed by atoms with Crippen LogP contribution < -0.4 is 0 Å². The first-order chi connectivity index (χ1) is 11.1. The Morgan fingerprint density at radius 3 is 2.04 bits per heavy atom. The minimum Gasteiger partial charge on any atom is -0.480 e. The average Bonchev–Trinajstić information content (AvgIpc) is 2.58. The monoisotopic (exact) mass is 313 g/mol. The summed E-state index contributed by atoms with van der Waals surface area (Å²) in [5.74, 6) is -1.07. The van der Waals surface area contributed by atoms with Crippen molar-refractivity contribution in [2.45, 2.75) is 26.1 Å². The third-order valence-electron chi connectivity index (χ3n) is 3.46. The first kappa shape index (κ1) is 16.5. The van der Waals surface area contributed by atoms with Gasteiger partial charge >= 0.3 is 12.1 Å². The minimum absolute atomic E-state index is 0.108. The summed E-state index contributed by atoms with van der Waals surface area (Å²) in [6, 6.07) is 17.5. The Morgan fingerprint density at radius 1 is 1.00 bits per heavy atom. The molecule has 0 aliphatic carbocycles. The van der Waals surface area contributed by atoms with E-state index in [1.54, 1.807) is 0 Å². The third kappa shape index (κ3) is 4.85. The molecule has 0 saturated heterocycles. The summed E-state index contributed by atoms with van der Waals surface area (Å²) in [5.41, 5.74) is 1.70. The van der Waals surface area contributed by atoms with Gasteiger partial charge in [-0.1, -0.05) is 60.7 Å². The Bertz CT molecular complexity index is 643. The second-order valence-electron chi connectivity index (χ2n) is 5.17. The number of hydrogen-bond acceptors (Lipinski definition) is 3. The van der Waals surface area contributed by atoms with Crippen molar-refractivity contribution in [3.8, 4) is 0 Å². The maximum Gasteiger partial charge on any atom is 0.411 e. The molecule has 0 aliphatic heterocycles. The summed E-state index contributed by atoms with van der Waals surface area (Å²) >= 11 is 0. The topological polar surface area (TPSA) is 66.8 Å². The van der Waals surface area contributed by atoms with E-state index in [0.29, 0.717) is 0 Å². The van der Waals surface area contributed by atoms with E-state index in [4.69, 9.17) is 4.74 Å². The summed E-state index contributed by atoms with van der Waals surface area (Å²) in [6.45, 7) is 1.76. The Kier molecular flexibility index (Phi) is 5.74. The predicted octanol–water partition coefficient (Wildman–Crippen LogP) is 3.30. The molecule has 0 aromatic heterocycles. The minimum atomic E-state index is -1.07. The number of nitrogens with zero attached hydrogens (tertiary/aromatic N) is 1. The van der Waals surface area contributed by atoms with E-state index >= 15 is 0 Å². The third-order valence-corrected chi connectivity index (χ3v) is 3.46. The van der Waals surface area contributed by atoms with E-state index in [-0.39, 0.29) is 13.2 Å². The van der Waals surface area contributed by atoms with Gasteiger partial charge in [0, 0.05) is 6.54 Å². The lowest BCUT2D eigenvalue weighted by atomic mass is 10.2. The fourth-order valence-electron chi connectivity index (χ4n) is 2.08. The van der Waals surface area contributed by atoms with Crippen LogP contribution in [0.1, 0.15) is 18.1 Å². The summed E-state index contributed by atoms with van der Waals surface area (Å²) in [5, 5.41) is 9.22. The van der Waals surface area contributed by atoms with Crippen LogP contribution >= 0.6 is 0 Å². The molecule has 0 spiro atoms. The Balaban J connectivity index is 2.06. The smallest absolute Gasteiger partial charge is 0.411 e. The van der Waals surface area contributed by atoms with Crippen LogP contribution in [0, 0.1) is 0 Å². The van der Waals surface area contributed by atoms with Crippen molar-refractivity contribution in [3.63, 3.8) is 0 Å². The molecule has 0 aliphatic rings. The van der Waals surface area contributed by atoms with Crippen LogP contribution in [0.5, 0.6) is 0 Å². The van der Waals surface area contributed by atoms with Gasteiger partial charge in [0.15, 0.2) is 0 Å². The van der Waals surface area contributed by atoms with Gasteiger partial charge in [-0.15, -0.1) is 0 Å². The molecule has 2 aromatic carbocycles. The zero-order valence-corrected chi connectivity index (χ0v) is 12.9. The quantitative estimate of drug-likeness (QED) is 0.888. The number of carbonyl (C=O) groups is 2. The molecule has 2 rings (SSSR count). The molecule has 23 heavy (non-hydrogen) atoms. The summed E-state index contributed by atoms with van der Waals surface area (Å²) < 4.78 is 5.26. The number of aliphatic carboxylic acids is 1. The molecule has 0 radical (unpaired) electrons. The predicted molar refractivity (Wildman–Crippen MR) is 85.7 cm³/mol. The van der Waals surface area contributed by atoms with E-state index in [9.17, 15) is 14.7 Å². The molecular formula is C18H19NO4. The molecule has 120 valence electrons. The average molecular weight is 313 g/mol. The van der Waals surface area contributed by atoms with Gasteiger partial charge in [0.1, 0.15) is 12.6 Å². The summed E-state index contributed by atoms with van der Waals surface area (Å²) in [7, 11) is 0. The van der Waals surface area contributed by atoms with E-state index in [1.165, 1.54) is 11.8 Å². The second-order valence-corrected chi connectivity index (χ2v) is 5.17. The van der Waals surface area contributed by atoms with Crippen LogP contribution in [0.25, 0.3) is 0 Å². The number of benzene rings is 2. The van der Waals surface area contributed by atoms with Gasteiger partial charge in [-0.05, 0) is 18.1 Å². The van der Waals surface area contributed by atoms with Gasteiger partial charge in [0.25, 0.3) is 0 Å². The number of carboxylic acid groups (broad SMARTS) is 1. The number of rotatable bonds is 6. The van der Waals surface area contributed by atoms with Crippen LogP contribution in [-0.4, -0.2) is 28.1 Å². The first-order valence-electron chi connectivity index (χ1n) is 7.32. The highest BCUT2D eigenvalue weighted by Crippen LogP contribution is 2.12. The number of carbonyl (C=O) groups excluding carboxylic acids is 1. The number of carboxylic acids is 1. The van der Waals surface area contributed by atoms with Crippen molar-refractivity contribution in [1.82, 2.24) is 4.90 Å². The molecule has 0 fully saturated rings. The van der Waals surface area contributed by atoms with Crippen molar-refractivity contribution in [1.29, 1.82) is 0 Å². The lowest BCUT2D eigenvalue weighted by Gasteiger charge is -2.25. The van der Waals surface area contributed by atoms with Gasteiger partial charge in [-0.3, -0.25) is 4.90 Å². The van der Waals surface area contributed by atoms with Gasteiger partial charge < -0.3 is 9.84 Å². The van der Waals surface area contributed by atoms with Gasteiger partial charge in [-0.2, -0.15) is 0 Å². The highest BCUT2D eigenvalue weighted by molar-refractivity contribution is 5.79. The SMILES string of the molecule is CC(C(=O)O)N(Cc1ccccc1)C(=O)OCc1ccccc1. The van der Waals surface area contributed by atoms with E-state index in [2.05, 4.69) is 0 Å². The normalized spacial score (nSPS) is 11.5. The van der Waals surface area contributed by atoms with Crippen molar-refractivity contribution in [2.75, 3.05) is 0 Å². The van der Waals surface area contributed by atoms with Crippen molar-refractivity contribution < 1.29 is 19.4 Å². The van der Waals surface area contributed by atoms with E-state index < -0.39 is 18.1 Å². The van der Waals surface area contributed by atoms with E-state index in [1.807, 2.05) is 60.7 Å². The molecule has 0 heterocycles. The summed E-state index contributed by atoms with van der Waals surface area (Å²) in [4.78, 5) is 24.8. The molecule has 5 nitrogen and oxygen atoms in total. The Labute approximate surface area is 135 Å². The van der Waals surface area contributed by atoms with Crippen LogP contribution in [0.4, 0.5) is 4.79 Å². The fraction of sp³-hybridized carbons (Fsp3) is 0.222. The molecule has 0 saturated carbocycles. The maximum absolute atomic E-state index is 12.3. The van der Waals surface area contributed by atoms with Crippen LogP contribution in [0.3, 0.4) is 0 Å². The van der Waals surface area contributed by atoms with Crippen LogP contribution in [-0.2, 0) is 22.7 Å². The maximum atomic E-state index is 12.3. The molecule has 1 unspecified atom stereocenters. The molecular weight excluding hydrogens is 294 g/mol. The highest BCUT2D eigenvalue weighted by Gasteiger charge is 2.27. The van der Waals surface area contributed by atoms with Gasteiger partial charge in [-0.25, -0.2) is 9.59 Å². The molecule has 1 amide bonds. The molecule has 1 atom stereocenters. The van der Waals surface area contributed by atoms with Crippen LogP contribution in [0.2, 0.25) is 0 Å². The largest absolute Gasteiger partial charge is 0.480 e. The number of amides is 1. The van der Waals surface area contributed by atoms with Gasteiger partial charge in [0.05, 0.1) is 0 Å². The van der Waals surface area contributed by atoms with Crippen molar-refractivity contribution >= 4 is 12.1 Å². The molecule has 1 N–H and O–H groups in total. The van der Waals surface area contributed by atoms with Gasteiger partial charge in [0.2, 0.25) is 0 Å². The first-order valence-corrected chi connectivity index (χ1v) is 7.32. The fourth-order valence-corrected chi connectivity index (χ4v) is 2.08. The lowest BCUT2D eigenvalue weighted by Crippen LogP contribution is -2.43. The Morgan fingerprint density at radius 2 is 1.52 bits per heavy atom. The van der Waals surface area contributed by atoms with Crippen molar-refractivity contribution in [2.24, 2.45) is 0 Å². The number of ether oxygens (including phenoxy) is 1. The van der Waals surface area contributed by atoms with E-state index in [0.717, 1.165) is 11.1 Å². The number of hydrogen-bond donors (Lipinski definition) is 1. The lowest BCUT2D eigenvalue weighted by molar-refractivity contribution is -0.142. The second kappa shape index (κ2) is 7.98.